The Morgan fingerprint density at radius 2 is 1.71 bits per heavy atom. The molecule has 2 rings (SSSR count). The van der Waals surface area contributed by atoms with Gasteiger partial charge in [-0.1, -0.05) is 26.0 Å². The maximum absolute atomic E-state index is 4.25. The van der Waals surface area contributed by atoms with Gasteiger partial charge in [0.25, 0.3) is 0 Å². The second kappa shape index (κ2) is 4.27. The smallest absolute Gasteiger partial charge is 0.0955 e. The van der Waals surface area contributed by atoms with Gasteiger partial charge in [0.05, 0.1) is 5.52 Å². The van der Waals surface area contributed by atoms with Crippen LogP contribution in [0.15, 0.2) is 12.1 Å². The minimum atomic E-state index is 1.10. The third kappa shape index (κ3) is 1.65. The van der Waals surface area contributed by atoms with Crippen LogP contribution in [0.5, 0.6) is 0 Å². The Bertz CT molecular complexity index is 427. The van der Waals surface area contributed by atoms with Crippen LogP contribution in [-0.2, 0) is 0 Å². The summed E-state index contributed by atoms with van der Waals surface area (Å²) in [6.07, 6.45) is 0. The molecular weight excluding hydrogens is 172 g/mol. The lowest BCUT2D eigenvalue weighted by Crippen LogP contribution is -1.81. The van der Waals surface area contributed by atoms with Crippen molar-refractivity contribution in [2.75, 3.05) is 0 Å². The molecule has 2 aromatic rings. The first-order valence-electron chi connectivity index (χ1n) is 5.11. The monoisotopic (exact) mass is 190 g/mol. The summed E-state index contributed by atoms with van der Waals surface area (Å²) in [7, 11) is 0. The highest BCUT2D eigenvalue weighted by atomic mass is 15.1. The summed E-state index contributed by atoms with van der Waals surface area (Å²) in [4.78, 5) is 0. The molecule has 0 atom stereocenters. The average Bonchev–Trinajstić information content (AvgIpc) is 2.58. The number of rotatable bonds is 0. The largest absolute Gasteiger partial charge is 0.282 e. The number of aromatic amines is 1. The van der Waals surface area contributed by atoms with E-state index >= 15 is 0 Å². The van der Waals surface area contributed by atoms with E-state index < -0.39 is 0 Å². The van der Waals surface area contributed by atoms with Crippen molar-refractivity contribution in [1.29, 1.82) is 0 Å². The lowest BCUT2D eigenvalue weighted by Gasteiger charge is -1.98. The molecule has 1 aromatic heterocycles. The van der Waals surface area contributed by atoms with Gasteiger partial charge in [0, 0.05) is 11.1 Å². The van der Waals surface area contributed by atoms with Crippen LogP contribution in [0.1, 0.15) is 30.7 Å². The Balaban J connectivity index is 0.000000461. The SMILES string of the molecule is CC.Cc1ccc2c(C)[nH]nc2c1C. The van der Waals surface area contributed by atoms with Gasteiger partial charge < -0.3 is 0 Å². The summed E-state index contributed by atoms with van der Waals surface area (Å²) in [6.45, 7) is 10.3. The first-order chi connectivity index (χ1) is 6.70. The van der Waals surface area contributed by atoms with Gasteiger partial charge in [-0.05, 0) is 31.9 Å². The molecule has 1 aromatic carbocycles. The van der Waals surface area contributed by atoms with E-state index in [1.54, 1.807) is 0 Å². The van der Waals surface area contributed by atoms with Crippen molar-refractivity contribution in [2.24, 2.45) is 0 Å². The van der Waals surface area contributed by atoms with Crippen LogP contribution < -0.4 is 0 Å². The van der Waals surface area contributed by atoms with Gasteiger partial charge in [-0.25, -0.2) is 0 Å². The number of benzene rings is 1. The molecule has 0 amide bonds. The number of hydrogen-bond donors (Lipinski definition) is 1. The number of hydrogen-bond acceptors (Lipinski definition) is 1. The number of nitrogens with zero attached hydrogens (tertiary/aromatic N) is 1. The number of aromatic nitrogens is 2. The average molecular weight is 190 g/mol. The van der Waals surface area contributed by atoms with Gasteiger partial charge in [0.2, 0.25) is 0 Å². The Labute approximate surface area is 85.3 Å². The summed E-state index contributed by atoms with van der Waals surface area (Å²) >= 11 is 0. The van der Waals surface area contributed by atoms with Crippen molar-refractivity contribution in [2.45, 2.75) is 34.6 Å². The van der Waals surface area contributed by atoms with Crippen molar-refractivity contribution < 1.29 is 0 Å². The van der Waals surface area contributed by atoms with Crippen LogP contribution in [0.25, 0.3) is 10.9 Å². The van der Waals surface area contributed by atoms with Gasteiger partial charge in [-0.15, -0.1) is 0 Å². The molecule has 0 bridgehead atoms. The van der Waals surface area contributed by atoms with E-state index in [9.17, 15) is 0 Å². The molecule has 0 saturated carbocycles. The van der Waals surface area contributed by atoms with Crippen molar-refractivity contribution >= 4 is 10.9 Å². The number of nitrogens with one attached hydrogen (secondary N) is 1. The lowest BCUT2D eigenvalue weighted by atomic mass is 10.1. The Hall–Kier alpha value is -1.31. The molecule has 2 heteroatoms. The zero-order chi connectivity index (χ0) is 10.7. The topological polar surface area (TPSA) is 28.7 Å². The Morgan fingerprint density at radius 3 is 2.36 bits per heavy atom. The van der Waals surface area contributed by atoms with Gasteiger partial charge in [-0.2, -0.15) is 5.10 Å². The molecule has 14 heavy (non-hydrogen) atoms. The maximum atomic E-state index is 4.25. The fraction of sp³-hybridized carbons (Fsp3) is 0.417. The first kappa shape index (κ1) is 10.8. The summed E-state index contributed by atoms with van der Waals surface area (Å²) < 4.78 is 0. The van der Waals surface area contributed by atoms with Crippen LogP contribution in [0.4, 0.5) is 0 Å². The second-order valence-electron chi connectivity index (χ2n) is 3.25. The molecule has 0 unspecified atom stereocenters. The van der Waals surface area contributed by atoms with Crippen LogP contribution in [0.3, 0.4) is 0 Å². The van der Waals surface area contributed by atoms with E-state index in [4.69, 9.17) is 0 Å². The molecule has 0 aliphatic heterocycles. The van der Waals surface area contributed by atoms with E-state index in [-0.39, 0.29) is 0 Å². The van der Waals surface area contributed by atoms with E-state index in [0.717, 1.165) is 11.2 Å². The maximum Gasteiger partial charge on any atom is 0.0955 e. The number of fused-ring (bicyclic) bond motifs is 1. The molecule has 0 aliphatic carbocycles. The minimum Gasteiger partial charge on any atom is -0.282 e. The molecule has 2 nitrogen and oxygen atoms in total. The standard InChI is InChI=1S/C10H12N2.C2H6/c1-6-4-5-9-8(3)11-12-10(9)7(6)2;1-2/h4-5H,1-3H3,(H,11,12);1-2H3. The van der Waals surface area contributed by atoms with Gasteiger partial charge in [0.1, 0.15) is 0 Å². The highest BCUT2D eigenvalue weighted by Gasteiger charge is 2.04. The van der Waals surface area contributed by atoms with Crippen LogP contribution in [0, 0.1) is 20.8 Å². The summed E-state index contributed by atoms with van der Waals surface area (Å²) in [5.41, 5.74) is 4.83. The summed E-state index contributed by atoms with van der Waals surface area (Å²) in [6, 6.07) is 4.26. The van der Waals surface area contributed by atoms with E-state index in [1.165, 1.54) is 16.5 Å². The molecule has 1 heterocycles. The van der Waals surface area contributed by atoms with E-state index in [2.05, 4.69) is 36.2 Å². The van der Waals surface area contributed by atoms with Gasteiger partial charge in [0.15, 0.2) is 0 Å². The molecule has 0 fully saturated rings. The van der Waals surface area contributed by atoms with Crippen molar-refractivity contribution in [3.63, 3.8) is 0 Å². The van der Waals surface area contributed by atoms with E-state index in [0.29, 0.717) is 0 Å². The fourth-order valence-corrected chi connectivity index (χ4v) is 1.45. The highest BCUT2D eigenvalue weighted by Crippen LogP contribution is 2.20. The zero-order valence-corrected chi connectivity index (χ0v) is 9.60. The molecule has 1 N–H and O–H groups in total. The fourth-order valence-electron chi connectivity index (χ4n) is 1.45. The lowest BCUT2D eigenvalue weighted by molar-refractivity contribution is 1.06. The molecule has 0 saturated heterocycles. The second-order valence-corrected chi connectivity index (χ2v) is 3.25. The van der Waals surface area contributed by atoms with Crippen LogP contribution in [0.2, 0.25) is 0 Å². The molecular formula is C12H18N2. The summed E-state index contributed by atoms with van der Waals surface area (Å²) in [5.74, 6) is 0. The normalized spacial score (nSPS) is 9.79. The van der Waals surface area contributed by atoms with Crippen LogP contribution >= 0.6 is 0 Å². The number of H-pyrrole nitrogens is 1. The predicted octanol–water partition coefficient (Wildman–Crippen LogP) is 3.51. The Morgan fingerprint density at radius 1 is 1.07 bits per heavy atom. The van der Waals surface area contributed by atoms with E-state index in [1.807, 2.05) is 20.8 Å². The minimum absolute atomic E-state index is 1.10. The molecule has 76 valence electrons. The van der Waals surface area contributed by atoms with Crippen LogP contribution in [-0.4, -0.2) is 10.2 Å². The van der Waals surface area contributed by atoms with Crippen molar-refractivity contribution in [3.05, 3.63) is 29.0 Å². The first-order valence-corrected chi connectivity index (χ1v) is 5.11. The molecule has 0 radical (unpaired) electrons. The van der Waals surface area contributed by atoms with Crippen molar-refractivity contribution in [1.82, 2.24) is 10.2 Å². The van der Waals surface area contributed by atoms with Gasteiger partial charge in [-0.3, -0.25) is 5.10 Å². The quantitative estimate of drug-likeness (QED) is 0.676. The number of aryl methyl sites for hydroxylation is 3. The zero-order valence-electron chi connectivity index (χ0n) is 9.60. The Kier molecular flexibility index (Phi) is 3.28. The predicted molar refractivity (Wildman–Crippen MR) is 61.7 cm³/mol. The van der Waals surface area contributed by atoms with Gasteiger partial charge >= 0.3 is 0 Å². The molecule has 0 spiro atoms. The third-order valence-corrected chi connectivity index (χ3v) is 2.44. The highest BCUT2D eigenvalue weighted by molar-refractivity contribution is 5.84. The molecule has 0 aliphatic rings. The summed E-state index contributed by atoms with van der Waals surface area (Å²) in [5, 5.41) is 8.48. The third-order valence-electron chi connectivity index (χ3n) is 2.44. The van der Waals surface area contributed by atoms with Crippen molar-refractivity contribution in [3.8, 4) is 0 Å².